The van der Waals surface area contributed by atoms with E-state index in [4.69, 9.17) is 4.43 Å². The van der Waals surface area contributed by atoms with E-state index in [1.54, 1.807) is 0 Å². The van der Waals surface area contributed by atoms with Crippen LogP contribution < -0.4 is 0 Å². The molecule has 2 aromatic rings. The van der Waals surface area contributed by atoms with Crippen molar-refractivity contribution in [1.29, 1.82) is 0 Å². The third-order valence-corrected chi connectivity index (χ3v) is 4.94. The van der Waals surface area contributed by atoms with Crippen LogP contribution in [0, 0.1) is 0 Å². The zero-order valence-electron chi connectivity index (χ0n) is 15.8. The van der Waals surface area contributed by atoms with Crippen molar-refractivity contribution in [2.75, 3.05) is 0 Å². The minimum absolute atomic E-state index is 1.08. The minimum atomic E-state index is -1.64. The predicted molar refractivity (Wildman–Crippen MR) is 110 cm³/mol. The fraction of sp³-hybridized carbons (Fsp3) is 0.455. The smallest absolute Gasteiger partial charge is 0.242 e. The Morgan fingerprint density at radius 1 is 0.917 bits per heavy atom. The molecule has 0 aliphatic rings. The second-order valence-corrected chi connectivity index (χ2v) is 11.9. The maximum absolute atomic E-state index is 6.46. The molecule has 0 spiro atoms. The third kappa shape index (κ3) is 5.83. The van der Waals surface area contributed by atoms with Crippen LogP contribution in [0.25, 0.3) is 16.5 Å². The monoisotopic (exact) mass is 340 g/mol. The second kappa shape index (κ2) is 9.07. The minimum Gasteiger partial charge on any atom is -0.544 e. The number of fused-ring (bicyclic) bond motifs is 1. The molecule has 2 rings (SSSR count). The number of hydrogen-bond donors (Lipinski definition) is 0. The average molecular weight is 341 g/mol. The summed E-state index contributed by atoms with van der Waals surface area (Å²) in [6.07, 6.45) is 10.0. The molecular weight excluding hydrogens is 308 g/mol. The van der Waals surface area contributed by atoms with Crippen LogP contribution in [0.4, 0.5) is 0 Å². The lowest BCUT2D eigenvalue weighted by atomic mass is 10.0. The number of benzene rings is 2. The van der Waals surface area contributed by atoms with E-state index in [1.165, 1.54) is 48.4 Å². The molecule has 2 heteroatoms. The van der Waals surface area contributed by atoms with Crippen LogP contribution in [0.1, 0.15) is 51.0 Å². The van der Waals surface area contributed by atoms with Gasteiger partial charge in [-0.05, 0) is 49.3 Å². The van der Waals surface area contributed by atoms with E-state index in [0.717, 1.165) is 12.2 Å². The van der Waals surface area contributed by atoms with Gasteiger partial charge in [-0.3, -0.25) is 0 Å². The fourth-order valence-electron chi connectivity index (χ4n) is 2.96. The lowest BCUT2D eigenvalue weighted by Crippen LogP contribution is -2.24. The van der Waals surface area contributed by atoms with Crippen LogP contribution >= 0.6 is 0 Å². The zero-order valence-corrected chi connectivity index (χ0v) is 16.8. The molecule has 0 radical (unpaired) electrons. The van der Waals surface area contributed by atoms with Gasteiger partial charge in [0.1, 0.15) is 5.76 Å². The van der Waals surface area contributed by atoms with Crippen LogP contribution in [-0.4, -0.2) is 8.32 Å². The molecule has 130 valence electrons. The van der Waals surface area contributed by atoms with Crippen molar-refractivity contribution in [3.05, 3.63) is 54.1 Å². The summed E-state index contributed by atoms with van der Waals surface area (Å²) in [5.41, 5.74) is 1.24. The molecular formula is C22H32OSi. The Balaban J connectivity index is 2.21. The molecule has 0 N–H and O–H groups in total. The molecule has 0 unspecified atom stereocenters. The van der Waals surface area contributed by atoms with E-state index < -0.39 is 8.32 Å². The maximum Gasteiger partial charge on any atom is 0.242 e. The summed E-state index contributed by atoms with van der Waals surface area (Å²) < 4.78 is 6.46. The molecule has 0 bridgehead atoms. The van der Waals surface area contributed by atoms with Crippen LogP contribution in [0.3, 0.4) is 0 Å². The van der Waals surface area contributed by atoms with Crippen molar-refractivity contribution in [1.82, 2.24) is 0 Å². The molecule has 0 heterocycles. The number of rotatable bonds is 9. The number of allylic oxidation sites excluding steroid dienone is 1. The van der Waals surface area contributed by atoms with Crippen molar-refractivity contribution < 1.29 is 4.43 Å². The summed E-state index contributed by atoms with van der Waals surface area (Å²) in [6.45, 7) is 9.04. The van der Waals surface area contributed by atoms with Gasteiger partial charge < -0.3 is 4.43 Å². The summed E-state index contributed by atoms with van der Waals surface area (Å²) in [7, 11) is -1.64. The normalized spacial score (nSPS) is 12.6. The van der Waals surface area contributed by atoms with E-state index in [1.807, 2.05) is 0 Å². The summed E-state index contributed by atoms with van der Waals surface area (Å²) in [5, 5.41) is 2.57. The molecule has 0 amide bonds. The largest absolute Gasteiger partial charge is 0.544 e. The third-order valence-electron chi connectivity index (χ3n) is 4.11. The molecule has 0 aliphatic heterocycles. The molecule has 2 aromatic carbocycles. The Morgan fingerprint density at radius 2 is 1.62 bits per heavy atom. The van der Waals surface area contributed by atoms with Crippen LogP contribution in [0.15, 0.2) is 48.5 Å². The van der Waals surface area contributed by atoms with Crippen LogP contribution in [-0.2, 0) is 4.43 Å². The topological polar surface area (TPSA) is 9.23 Å². The quantitative estimate of drug-likeness (QED) is 0.262. The summed E-state index contributed by atoms with van der Waals surface area (Å²) in [4.78, 5) is 0. The van der Waals surface area contributed by atoms with Gasteiger partial charge in [0.25, 0.3) is 0 Å². The van der Waals surface area contributed by atoms with Gasteiger partial charge in [-0.25, -0.2) is 0 Å². The Kier molecular flexibility index (Phi) is 7.10. The Hall–Kier alpha value is -1.54. The number of unbranched alkanes of at least 4 members (excludes halogenated alkanes) is 5. The summed E-state index contributed by atoms with van der Waals surface area (Å²) >= 11 is 0. The fourth-order valence-corrected chi connectivity index (χ4v) is 3.81. The van der Waals surface area contributed by atoms with Crippen molar-refractivity contribution >= 4 is 24.8 Å². The van der Waals surface area contributed by atoms with Gasteiger partial charge in [0.05, 0.1) is 0 Å². The highest BCUT2D eigenvalue weighted by Crippen LogP contribution is 2.29. The summed E-state index contributed by atoms with van der Waals surface area (Å²) in [5.74, 6) is 1.08. The SMILES string of the molecule is CCCCCCC/C=C(\O[Si](C)(C)C)c1cccc2ccccc12. The standard InChI is InChI=1S/C22H32OSi/c1-5-6-7-8-9-10-18-22(23-24(2,3)4)21-17-13-15-19-14-11-12-16-20(19)21/h11-18H,5-10H2,1-4H3/b22-18-. The lowest BCUT2D eigenvalue weighted by Gasteiger charge is -2.23. The maximum atomic E-state index is 6.46. The molecule has 0 saturated heterocycles. The van der Waals surface area contributed by atoms with E-state index in [-0.39, 0.29) is 0 Å². The van der Waals surface area contributed by atoms with Gasteiger partial charge in [-0.2, -0.15) is 0 Å². The molecule has 0 fully saturated rings. The molecule has 0 atom stereocenters. The second-order valence-electron chi connectivity index (χ2n) is 7.51. The van der Waals surface area contributed by atoms with E-state index in [0.29, 0.717) is 0 Å². The molecule has 24 heavy (non-hydrogen) atoms. The number of hydrogen-bond acceptors (Lipinski definition) is 1. The van der Waals surface area contributed by atoms with Gasteiger partial charge in [0, 0.05) is 5.56 Å². The van der Waals surface area contributed by atoms with Crippen molar-refractivity contribution in [2.45, 2.75) is 65.1 Å². The van der Waals surface area contributed by atoms with Gasteiger partial charge in [0.15, 0.2) is 0 Å². The van der Waals surface area contributed by atoms with E-state index in [9.17, 15) is 0 Å². The van der Waals surface area contributed by atoms with Crippen LogP contribution in [0.5, 0.6) is 0 Å². The van der Waals surface area contributed by atoms with Crippen molar-refractivity contribution in [2.24, 2.45) is 0 Å². The van der Waals surface area contributed by atoms with Gasteiger partial charge in [-0.15, -0.1) is 0 Å². The molecule has 0 saturated carbocycles. The Morgan fingerprint density at radius 3 is 2.38 bits per heavy atom. The zero-order chi connectivity index (χ0) is 17.4. The van der Waals surface area contributed by atoms with Gasteiger partial charge >= 0.3 is 0 Å². The molecule has 0 aromatic heterocycles. The lowest BCUT2D eigenvalue weighted by molar-refractivity contribution is 0.511. The molecule has 0 aliphatic carbocycles. The highest BCUT2D eigenvalue weighted by atomic mass is 28.4. The van der Waals surface area contributed by atoms with E-state index >= 15 is 0 Å². The summed E-state index contributed by atoms with van der Waals surface area (Å²) in [6, 6.07) is 15.1. The predicted octanol–water partition coefficient (Wildman–Crippen LogP) is 7.39. The Labute approximate surface area is 148 Å². The van der Waals surface area contributed by atoms with Crippen molar-refractivity contribution in [3.63, 3.8) is 0 Å². The first kappa shape index (κ1) is 18.8. The first-order valence-electron chi connectivity index (χ1n) is 9.38. The van der Waals surface area contributed by atoms with Crippen molar-refractivity contribution in [3.8, 4) is 0 Å². The first-order chi connectivity index (χ1) is 11.5. The van der Waals surface area contributed by atoms with E-state index in [2.05, 4.69) is 75.1 Å². The average Bonchev–Trinajstić information content (AvgIpc) is 2.55. The Bertz CT molecular complexity index is 662. The highest BCUT2D eigenvalue weighted by molar-refractivity contribution is 6.70. The van der Waals surface area contributed by atoms with Crippen LogP contribution in [0.2, 0.25) is 19.6 Å². The van der Waals surface area contributed by atoms with Gasteiger partial charge in [0.2, 0.25) is 8.32 Å². The molecule has 1 nitrogen and oxygen atoms in total. The van der Waals surface area contributed by atoms with Gasteiger partial charge in [-0.1, -0.05) is 75.1 Å². The highest BCUT2D eigenvalue weighted by Gasteiger charge is 2.19. The first-order valence-corrected chi connectivity index (χ1v) is 12.8.